The first-order chi connectivity index (χ1) is 10.8. The van der Waals surface area contributed by atoms with Gasteiger partial charge < -0.3 is 15.4 Å². The molecule has 2 N–H and O–H groups in total. The van der Waals surface area contributed by atoms with Crippen molar-refractivity contribution in [3.63, 3.8) is 0 Å². The molecular formula is C17H23Cl2N3O2. The van der Waals surface area contributed by atoms with Gasteiger partial charge in [0.15, 0.2) is 0 Å². The van der Waals surface area contributed by atoms with Gasteiger partial charge in [0, 0.05) is 24.7 Å². The Balaban J connectivity index is 0.00000144. The maximum Gasteiger partial charge on any atom is 0.224 e. The molecular weight excluding hydrogens is 349 g/mol. The van der Waals surface area contributed by atoms with Gasteiger partial charge in [-0.25, -0.2) is 0 Å². The number of halogens is 2. The van der Waals surface area contributed by atoms with E-state index >= 15 is 0 Å². The van der Waals surface area contributed by atoms with E-state index in [1.807, 2.05) is 30.3 Å². The summed E-state index contributed by atoms with van der Waals surface area (Å²) in [4.78, 5) is 16.2. The van der Waals surface area contributed by atoms with Crippen molar-refractivity contribution in [3.8, 4) is 5.75 Å². The third-order valence-electron chi connectivity index (χ3n) is 3.90. The summed E-state index contributed by atoms with van der Waals surface area (Å²) < 4.78 is 5.80. The topological polar surface area (TPSA) is 63.2 Å². The van der Waals surface area contributed by atoms with Crippen molar-refractivity contribution in [1.29, 1.82) is 0 Å². The Morgan fingerprint density at radius 2 is 2.12 bits per heavy atom. The Labute approximate surface area is 154 Å². The first kappa shape index (κ1) is 20.5. The second-order valence-electron chi connectivity index (χ2n) is 5.51. The summed E-state index contributed by atoms with van der Waals surface area (Å²) in [5.41, 5.74) is 0.881. The van der Waals surface area contributed by atoms with Gasteiger partial charge in [-0.05, 0) is 31.5 Å². The van der Waals surface area contributed by atoms with Gasteiger partial charge in [-0.2, -0.15) is 0 Å². The molecule has 1 aromatic heterocycles. The maximum absolute atomic E-state index is 11.9. The van der Waals surface area contributed by atoms with Gasteiger partial charge in [-0.3, -0.25) is 9.78 Å². The average molecular weight is 372 g/mol. The Bertz CT molecular complexity index is 643. The van der Waals surface area contributed by atoms with Gasteiger partial charge in [0.05, 0.1) is 12.5 Å². The molecule has 1 atom stereocenters. The van der Waals surface area contributed by atoms with Gasteiger partial charge in [-0.15, -0.1) is 24.8 Å². The van der Waals surface area contributed by atoms with Gasteiger partial charge in [-0.1, -0.05) is 18.2 Å². The molecule has 5 nitrogen and oxygen atoms in total. The lowest BCUT2D eigenvalue weighted by atomic mass is 10.1. The normalized spacial score (nSPS) is 16.1. The average Bonchev–Trinajstić information content (AvgIpc) is 3.09. The van der Waals surface area contributed by atoms with E-state index in [2.05, 4.69) is 15.6 Å². The van der Waals surface area contributed by atoms with Crippen LogP contribution in [0.15, 0.2) is 36.5 Å². The molecule has 1 saturated heterocycles. The zero-order valence-electron chi connectivity index (χ0n) is 13.4. The van der Waals surface area contributed by atoms with E-state index in [9.17, 15) is 4.79 Å². The summed E-state index contributed by atoms with van der Waals surface area (Å²) in [6, 6.07) is 9.85. The SMILES string of the molecule is Cl.Cl.O=C(NCCCOc1cccc2cccnc12)C1CCNC1. The van der Waals surface area contributed by atoms with Gasteiger partial charge >= 0.3 is 0 Å². The van der Waals surface area contributed by atoms with Crippen LogP contribution in [0.3, 0.4) is 0 Å². The van der Waals surface area contributed by atoms with Crippen molar-refractivity contribution >= 4 is 41.6 Å². The van der Waals surface area contributed by atoms with Crippen molar-refractivity contribution in [1.82, 2.24) is 15.6 Å². The fraction of sp³-hybridized carbons (Fsp3) is 0.412. The fourth-order valence-corrected chi connectivity index (χ4v) is 2.68. The summed E-state index contributed by atoms with van der Waals surface area (Å²) in [6.07, 6.45) is 3.49. The molecule has 24 heavy (non-hydrogen) atoms. The Morgan fingerprint density at radius 1 is 1.29 bits per heavy atom. The zero-order valence-corrected chi connectivity index (χ0v) is 15.0. The van der Waals surface area contributed by atoms with Crippen LogP contribution in [0.25, 0.3) is 10.9 Å². The number of benzene rings is 1. The summed E-state index contributed by atoms with van der Waals surface area (Å²) in [5.74, 6) is 1.07. The molecule has 132 valence electrons. The smallest absolute Gasteiger partial charge is 0.224 e. The van der Waals surface area contributed by atoms with Crippen LogP contribution in [0.2, 0.25) is 0 Å². The van der Waals surface area contributed by atoms with E-state index in [0.717, 1.165) is 42.6 Å². The monoisotopic (exact) mass is 371 g/mol. The third kappa shape index (κ3) is 5.23. The molecule has 0 saturated carbocycles. The minimum atomic E-state index is 0. The quantitative estimate of drug-likeness (QED) is 0.766. The first-order valence-electron chi connectivity index (χ1n) is 7.79. The molecule has 0 radical (unpaired) electrons. The molecule has 1 aliphatic heterocycles. The maximum atomic E-state index is 11.9. The minimum Gasteiger partial charge on any atom is -0.491 e. The van der Waals surface area contributed by atoms with Gasteiger partial charge in [0.2, 0.25) is 5.91 Å². The highest BCUT2D eigenvalue weighted by molar-refractivity contribution is 5.86. The highest BCUT2D eigenvalue weighted by atomic mass is 35.5. The Kier molecular flexibility index (Phi) is 8.82. The summed E-state index contributed by atoms with van der Waals surface area (Å²) in [7, 11) is 0. The third-order valence-corrected chi connectivity index (χ3v) is 3.90. The molecule has 1 unspecified atom stereocenters. The Morgan fingerprint density at radius 3 is 2.92 bits per heavy atom. The van der Waals surface area contributed by atoms with Crippen LogP contribution in [0, 0.1) is 5.92 Å². The fourth-order valence-electron chi connectivity index (χ4n) is 2.68. The number of nitrogens with one attached hydrogen (secondary N) is 2. The van der Waals surface area contributed by atoms with Crippen LogP contribution in [-0.4, -0.2) is 37.1 Å². The van der Waals surface area contributed by atoms with E-state index in [1.165, 1.54) is 0 Å². The van der Waals surface area contributed by atoms with Crippen LogP contribution in [0.5, 0.6) is 5.75 Å². The standard InChI is InChI=1S/C17H21N3O2.2ClH/c21-17(14-7-10-18-12-14)20-9-3-11-22-15-6-1-4-13-5-2-8-19-16(13)15;;/h1-2,4-6,8,14,18H,3,7,9-12H2,(H,20,21);2*1H. The molecule has 0 aliphatic carbocycles. The van der Waals surface area contributed by atoms with Crippen molar-refractivity contribution < 1.29 is 9.53 Å². The zero-order chi connectivity index (χ0) is 15.2. The molecule has 1 aliphatic rings. The van der Waals surface area contributed by atoms with E-state index in [0.29, 0.717) is 13.2 Å². The van der Waals surface area contributed by atoms with Crippen LogP contribution in [0.4, 0.5) is 0 Å². The number of ether oxygens (including phenoxy) is 1. The first-order valence-corrected chi connectivity index (χ1v) is 7.79. The van der Waals surface area contributed by atoms with E-state index < -0.39 is 0 Å². The molecule has 2 heterocycles. The van der Waals surface area contributed by atoms with E-state index in [-0.39, 0.29) is 36.6 Å². The van der Waals surface area contributed by atoms with Gasteiger partial charge in [0.25, 0.3) is 0 Å². The number of hydrogen-bond donors (Lipinski definition) is 2. The van der Waals surface area contributed by atoms with E-state index in [1.54, 1.807) is 6.20 Å². The molecule has 1 aromatic carbocycles. The van der Waals surface area contributed by atoms with Crippen LogP contribution < -0.4 is 15.4 Å². The molecule has 1 amide bonds. The van der Waals surface area contributed by atoms with Crippen molar-refractivity contribution in [2.75, 3.05) is 26.2 Å². The van der Waals surface area contributed by atoms with Crippen LogP contribution >= 0.6 is 24.8 Å². The molecule has 0 spiro atoms. The number of fused-ring (bicyclic) bond motifs is 1. The number of aromatic nitrogens is 1. The summed E-state index contributed by atoms with van der Waals surface area (Å²) in [6.45, 7) is 2.95. The van der Waals surface area contributed by atoms with Gasteiger partial charge in [0.1, 0.15) is 11.3 Å². The van der Waals surface area contributed by atoms with Crippen molar-refractivity contribution in [2.45, 2.75) is 12.8 Å². The molecule has 0 bridgehead atoms. The summed E-state index contributed by atoms with van der Waals surface area (Å²) in [5, 5.41) is 7.25. The number of hydrogen-bond acceptors (Lipinski definition) is 4. The second-order valence-corrected chi connectivity index (χ2v) is 5.51. The number of amides is 1. The lowest BCUT2D eigenvalue weighted by Gasteiger charge is -2.11. The molecule has 1 fully saturated rings. The lowest BCUT2D eigenvalue weighted by molar-refractivity contribution is -0.124. The predicted octanol–water partition coefficient (Wildman–Crippen LogP) is 2.57. The second kappa shape index (κ2) is 10.3. The van der Waals surface area contributed by atoms with Crippen molar-refractivity contribution in [3.05, 3.63) is 36.5 Å². The number of para-hydroxylation sites is 1. The number of rotatable bonds is 6. The number of nitrogens with zero attached hydrogens (tertiary/aromatic N) is 1. The Hall–Kier alpha value is -1.56. The van der Waals surface area contributed by atoms with Crippen LogP contribution in [0.1, 0.15) is 12.8 Å². The minimum absolute atomic E-state index is 0. The number of carbonyl (C=O) groups is 1. The number of pyridine rings is 1. The molecule has 2 aromatic rings. The number of carbonyl (C=O) groups excluding carboxylic acids is 1. The summed E-state index contributed by atoms with van der Waals surface area (Å²) >= 11 is 0. The largest absolute Gasteiger partial charge is 0.491 e. The lowest BCUT2D eigenvalue weighted by Crippen LogP contribution is -2.33. The van der Waals surface area contributed by atoms with E-state index in [4.69, 9.17) is 4.74 Å². The van der Waals surface area contributed by atoms with Crippen LogP contribution in [-0.2, 0) is 4.79 Å². The molecule has 3 rings (SSSR count). The molecule has 7 heteroatoms. The highest BCUT2D eigenvalue weighted by Crippen LogP contribution is 2.22. The van der Waals surface area contributed by atoms with Crippen molar-refractivity contribution in [2.24, 2.45) is 5.92 Å². The highest BCUT2D eigenvalue weighted by Gasteiger charge is 2.21. The predicted molar refractivity (Wildman–Crippen MR) is 100 cm³/mol.